The van der Waals surface area contributed by atoms with Crippen LogP contribution in [-0.4, -0.2) is 29.7 Å². The number of carbonyl (C=O) groups is 2. The van der Waals surface area contributed by atoms with Crippen molar-refractivity contribution in [1.82, 2.24) is 4.90 Å². The lowest BCUT2D eigenvalue weighted by molar-refractivity contribution is -0.125. The Bertz CT molecular complexity index is 1080. The molecule has 2 aliphatic rings. The van der Waals surface area contributed by atoms with Crippen molar-refractivity contribution in [3.63, 3.8) is 0 Å². The zero-order valence-electron chi connectivity index (χ0n) is 16.0. The molecule has 1 aliphatic heterocycles. The molecule has 1 spiro atoms. The van der Waals surface area contributed by atoms with E-state index in [0.29, 0.717) is 25.1 Å². The first-order valence-corrected chi connectivity index (χ1v) is 9.39. The summed E-state index contributed by atoms with van der Waals surface area (Å²) >= 11 is 0. The third-order valence-corrected chi connectivity index (χ3v) is 5.95. The van der Waals surface area contributed by atoms with Crippen molar-refractivity contribution in [1.29, 1.82) is 5.26 Å². The number of benzene rings is 2. The van der Waals surface area contributed by atoms with Crippen molar-refractivity contribution in [2.45, 2.75) is 26.7 Å². The summed E-state index contributed by atoms with van der Waals surface area (Å²) < 4.78 is 13.4. The maximum Gasteiger partial charge on any atom is 0.253 e. The first kappa shape index (κ1) is 18.4. The normalized spacial score (nSPS) is 23.7. The molecule has 1 aliphatic carbocycles. The van der Waals surface area contributed by atoms with Crippen molar-refractivity contribution in [3.05, 3.63) is 59.4 Å². The van der Waals surface area contributed by atoms with Crippen LogP contribution < -0.4 is 0 Å². The number of nitriles is 1. The maximum absolute atomic E-state index is 13.4. The summed E-state index contributed by atoms with van der Waals surface area (Å²) in [5, 5.41) is 10.9. The lowest BCUT2D eigenvalue weighted by atomic mass is 9.64. The number of halogens is 1. The van der Waals surface area contributed by atoms with Gasteiger partial charge in [-0.1, -0.05) is 32.1 Å². The third kappa shape index (κ3) is 2.99. The lowest BCUT2D eigenvalue weighted by Gasteiger charge is -2.38. The molecule has 1 amide bonds. The second-order valence-corrected chi connectivity index (χ2v) is 8.60. The fourth-order valence-corrected chi connectivity index (χ4v) is 4.69. The van der Waals surface area contributed by atoms with Crippen LogP contribution >= 0.6 is 0 Å². The second kappa shape index (κ2) is 6.27. The number of likely N-dealkylation sites (tertiary alicyclic amines) is 1. The summed E-state index contributed by atoms with van der Waals surface area (Å²) in [6, 6.07) is 11.8. The van der Waals surface area contributed by atoms with Crippen LogP contribution in [0.3, 0.4) is 0 Å². The fraction of sp³-hybridized carbons (Fsp3) is 0.348. The van der Waals surface area contributed by atoms with Gasteiger partial charge in [0.15, 0.2) is 5.78 Å². The van der Waals surface area contributed by atoms with Gasteiger partial charge < -0.3 is 4.90 Å². The van der Waals surface area contributed by atoms with E-state index in [1.165, 1.54) is 12.1 Å². The Morgan fingerprint density at radius 2 is 1.89 bits per heavy atom. The minimum Gasteiger partial charge on any atom is -0.338 e. The molecule has 0 saturated carbocycles. The molecule has 1 atom stereocenters. The zero-order valence-corrected chi connectivity index (χ0v) is 16.0. The van der Waals surface area contributed by atoms with E-state index in [2.05, 4.69) is 0 Å². The van der Waals surface area contributed by atoms with Crippen LogP contribution in [0, 0.1) is 28.0 Å². The number of Topliss-reactive ketones (excluding diaryl/α,β-unsaturated/α-hetero) is 1. The van der Waals surface area contributed by atoms with Crippen LogP contribution in [-0.2, 0) is 4.79 Å². The van der Waals surface area contributed by atoms with Crippen LogP contribution in [0.2, 0.25) is 0 Å². The van der Waals surface area contributed by atoms with Crippen molar-refractivity contribution < 1.29 is 14.0 Å². The molecule has 28 heavy (non-hydrogen) atoms. The van der Waals surface area contributed by atoms with Crippen LogP contribution in [0.5, 0.6) is 0 Å². The molecule has 0 aromatic heterocycles. The van der Waals surface area contributed by atoms with Gasteiger partial charge in [-0.15, -0.1) is 0 Å². The van der Waals surface area contributed by atoms with Crippen LogP contribution in [0.4, 0.5) is 4.39 Å². The van der Waals surface area contributed by atoms with Gasteiger partial charge in [0.25, 0.3) is 5.91 Å². The van der Waals surface area contributed by atoms with Crippen molar-refractivity contribution in [2.24, 2.45) is 10.8 Å². The van der Waals surface area contributed by atoms with E-state index in [9.17, 15) is 19.2 Å². The topological polar surface area (TPSA) is 61.2 Å². The van der Waals surface area contributed by atoms with E-state index in [0.717, 1.165) is 17.2 Å². The van der Waals surface area contributed by atoms with E-state index >= 15 is 0 Å². The van der Waals surface area contributed by atoms with Crippen LogP contribution in [0.15, 0.2) is 48.0 Å². The average molecular weight is 376 g/mol. The van der Waals surface area contributed by atoms with E-state index in [4.69, 9.17) is 0 Å². The van der Waals surface area contributed by atoms with E-state index in [-0.39, 0.29) is 28.5 Å². The molecule has 142 valence electrons. The highest BCUT2D eigenvalue weighted by atomic mass is 19.1. The molecule has 2 aromatic carbocycles. The minimum atomic E-state index is -0.605. The third-order valence-electron chi connectivity index (χ3n) is 5.95. The summed E-state index contributed by atoms with van der Waals surface area (Å²) in [5.74, 6) is -0.500. The maximum atomic E-state index is 13.4. The van der Waals surface area contributed by atoms with E-state index in [1.54, 1.807) is 35.2 Å². The van der Waals surface area contributed by atoms with E-state index < -0.39 is 5.41 Å². The number of hydrogen-bond acceptors (Lipinski definition) is 3. The number of nitrogens with zero attached hydrogens (tertiary/aromatic N) is 2. The lowest BCUT2D eigenvalue weighted by Crippen LogP contribution is -2.40. The molecular weight excluding hydrogens is 355 g/mol. The first-order valence-electron chi connectivity index (χ1n) is 9.39. The number of amides is 1. The van der Waals surface area contributed by atoms with Gasteiger partial charge in [-0.2, -0.15) is 5.26 Å². The molecule has 5 heteroatoms. The van der Waals surface area contributed by atoms with Crippen molar-refractivity contribution in [3.8, 4) is 6.07 Å². The van der Waals surface area contributed by atoms with Gasteiger partial charge in [-0.05, 0) is 47.9 Å². The Hall–Kier alpha value is -3.00. The van der Waals surface area contributed by atoms with Gasteiger partial charge in [0, 0.05) is 29.5 Å². The first-order chi connectivity index (χ1) is 13.2. The van der Waals surface area contributed by atoms with Gasteiger partial charge >= 0.3 is 0 Å². The van der Waals surface area contributed by atoms with Gasteiger partial charge in [-0.25, -0.2) is 4.39 Å². The highest BCUT2D eigenvalue weighted by Gasteiger charge is 2.48. The molecule has 0 N–H and O–H groups in total. The number of allylic oxidation sites excluding steroid dienone is 1. The summed E-state index contributed by atoms with van der Waals surface area (Å²) in [5.41, 5.74) is -0.172. The quantitative estimate of drug-likeness (QED) is 0.747. The molecule has 2 aromatic rings. The van der Waals surface area contributed by atoms with Gasteiger partial charge in [0.1, 0.15) is 11.9 Å². The van der Waals surface area contributed by atoms with Crippen LogP contribution in [0.25, 0.3) is 10.8 Å². The standard InChI is InChI=1S/C23H21FN2O2/c1-22(2)13-23(11-18(12-25)20(22)27)7-8-26(14-23)21(28)17-4-3-16-10-19(24)6-5-15(16)9-17/h3-6,9-11H,7-8,13-14H2,1-2H3/t23-/m0/s1. The minimum absolute atomic E-state index is 0.0790. The summed E-state index contributed by atoms with van der Waals surface area (Å²) in [4.78, 5) is 27.3. The largest absolute Gasteiger partial charge is 0.338 e. The van der Waals surface area contributed by atoms with Crippen LogP contribution in [0.1, 0.15) is 37.0 Å². The Morgan fingerprint density at radius 1 is 1.18 bits per heavy atom. The highest BCUT2D eigenvalue weighted by Crippen LogP contribution is 2.48. The van der Waals surface area contributed by atoms with Crippen molar-refractivity contribution in [2.75, 3.05) is 13.1 Å². The predicted molar refractivity (Wildman–Crippen MR) is 104 cm³/mol. The summed E-state index contributed by atoms with van der Waals surface area (Å²) in [6.07, 6.45) is 3.15. The fourth-order valence-electron chi connectivity index (χ4n) is 4.69. The molecule has 1 heterocycles. The van der Waals surface area contributed by atoms with Gasteiger partial charge in [0.2, 0.25) is 0 Å². The Labute approximate surface area is 163 Å². The zero-order chi connectivity index (χ0) is 20.1. The number of rotatable bonds is 1. The van der Waals surface area contributed by atoms with Gasteiger partial charge in [0.05, 0.1) is 5.57 Å². The monoisotopic (exact) mass is 376 g/mol. The molecule has 0 bridgehead atoms. The number of fused-ring (bicyclic) bond motifs is 1. The molecular formula is C23H21FN2O2. The van der Waals surface area contributed by atoms with Crippen molar-refractivity contribution >= 4 is 22.5 Å². The molecule has 1 saturated heterocycles. The summed E-state index contributed by atoms with van der Waals surface area (Å²) in [6.45, 7) is 4.82. The molecule has 4 rings (SSSR count). The Morgan fingerprint density at radius 3 is 2.64 bits per heavy atom. The molecule has 0 radical (unpaired) electrons. The van der Waals surface area contributed by atoms with Gasteiger partial charge in [-0.3, -0.25) is 9.59 Å². The Kier molecular flexibility index (Phi) is 4.11. The molecule has 4 nitrogen and oxygen atoms in total. The SMILES string of the molecule is CC1(C)C[C@@]2(C=C(C#N)C1=O)CCN(C(=O)c1ccc3cc(F)ccc3c1)C2. The molecule has 1 fully saturated rings. The smallest absolute Gasteiger partial charge is 0.253 e. The summed E-state index contributed by atoms with van der Waals surface area (Å²) in [7, 11) is 0. The predicted octanol–water partition coefficient (Wildman–Crippen LogP) is 4.26. The molecule has 0 unspecified atom stereocenters. The average Bonchev–Trinajstić information content (AvgIpc) is 3.06. The number of carbonyl (C=O) groups excluding carboxylic acids is 2. The highest BCUT2D eigenvalue weighted by molar-refractivity contribution is 6.04. The number of ketones is 1. The second-order valence-electron chi connectivity index (χ2n) is 8.60. The Balaban J connectivity index is 1.61. The van der Waals surface area contributed by atoms with E-state index in [1.807, 2.05) is 19.9 Å². The number of hydrogen-bond donors (Lipinski definition) is 0.